The predicted molar refractivity (Wildman–Crippen MR) is 193 cm³/mol. The van der Waals surface area contributed by atoms with Crippen LogP contribution in [0.2, 0.25) is 13.1 Å². The van der Waals surface area contributed by atoms with Crippen molar-refractivity contribution in [3.63, 3.8) is 0 Å². The Morgan fingerprint density at radius 1 is 0.422 bits per heavy atom. The van der Waals surface area contributed by atoms with Gasteiger partial charge < -0.3 is 0 Å². The number of rotatable bonds is 3. The molecule has 2 aromatic heterocycles. The SMILES string of the molecule is C[Si]1(C)c2ccccc2-c2ccc3cc(-c4ccc(-c5ccc6ccc7ccc(-c8ccccc8)nc7c6n5)cc4)ccc3c21. The Bertz CT molecular complexity index is 2440. The van der Waals surface area contributed by atoms with Gasteiger partial charge in [0.05, 0.1) is 22.4 Å². The van der Waals surface area contributed by atoms with Crippen LogP contribution in [0.15, 0.2) is 146 Å². The number of benzene rings is 6. The van der Waals surface area contributed by atoms with Crippen molar-refractivity contribution in [1.29, 1.82) is 0 Å². The van der Waals surface area contributed by atoms with Crippen LogP contribution in [0.5, 0.6) is 0 Å². The molecule has 1 aliphatic rings. The third-order valence-corrected chi connectivity index (χ3v) is 13.2. The van der Waals surface area contributed by atoms with Crippen LogP contribution in [0.25, 0.3) is 77.3 Å². The third kappa shape index (κ3) is 4.08. The van der Waals surface area contributed by atoms with Crippen LogP contribution in [0, 0.1) is 0 Å². The molecule has 0 fully saturated rings. The number of hydrogen-bond donors (Lipinski definition) is 0. The van der Waals surface area contributed by atoms with Crippen molar-refractivity contribution >= 4 is 51.0 Å². The minimum atomic E-state index is -1.76. The molecule has 212 valence electrons. The molecule has 0 N–H and O–H groups in total. The van der Waals surface area contributed by atoms with Crippen molar-refractivity contribution < 1.29 is 0 Å². The van der Waals surface area contributed by atoms with E-state index in [1.807, 2.05) is 6.07 Å². The highest BCUT2D eigenvalue weighted by atomic mass is 28.3. The molecule has 3 heteroatoms. The van der Waals surface area contributed by atoms with E-state index in [0.29, 0.717) is 0 Å². The van der Waals surface area contributed by atoms with Gasteiger partial charge in [0.1, 0.15) is 8.07 Å². The Balaban J connectivity index is 1.08. The second-order valence-corrected chi connectivity index (χ2v) is 16.9. The first kappa shape index (κ1) is 26.1. The maximum Gasteiger partial charge on any atom is 0.114 e. The van der Waals surface area contributed by atoms with E-state index in [1.54, 1.807) is 10.4 Å². The minimum absolute atomic E-state index is 0.933. The molecule has 0 radical (unpaired) electrons. The van der Waals surface area contributed by atoms with E-state index in [2.05, 4.69) is 153 Å². The number of aromatic nitrogens is 2. The molecular weight excluding hydrogens is 561 g/mol. The van der Waals surface area contributed by atoms with Gasteiger partial charge in [-0.25, -0.2) is 9.97 Å². The normalized spacial score (nSPS) is 13.3. The number of hydrogen-bond acceptors (Lipinski definition) is 2. The molecular formula is C42H30N2Si. The summed E-state index contributed by atoms with van der Waals surface area (Å²) in [6.45, 7) is 4.98. The van der Waals surface area contributed by atoms with Crippen LogP contribution in [0.4, 0.5) is 0 Å². The number of nitrogens with zero attached hydrogens (tertiary/aromatic N) is 2. The van der Waals surface area contributed by atoms with Crippen molar-refractivity contribution in [3.8, 4) is 44.8 Å². The van der Waals surface area contributed by atoms with Crippen LogP contribution in [0.3, 0.4) is 0 Å². The lowest BCUT2D eigenvalue weighted by atomic mass is 9.97. The zero-order chi connectivity index (χ0) is 30.1. The molecule has 1 aliphatic heterocycles. The first-order valence-corrected chi connectivity index (χ1v) is 18.6. The molecule has 9 rings (SSSR count). The minimum Gasteiger partial charge on any atom is -0.245 e. The first-order valence-electron chi connectivity index (χ1n) is 15.6. The van der Waals surface area contributed by atoms with Gasteiger partial charge in [-0.15, -0.1) is 0 Å². The summed E-state index contributed by atoms with van der Waals surface area (Å²) in [5.41, 5.74) is 11.3. The van der Waals surface area contributed by atoms with Gasteiger partial charge in [-0.2, -0.15) is 0 Å². The van der Waals surface area contributed by atoms with E-state index in [1.165, 1.54) is 33.0 Å². The third-order valence-electron chi connectivity index (χ3n) is 9.64. The molecule has 0 saturated heterocycles. The summed E-state index contributed by atoms with van der Waals surface area (Å²) in [5, 5.41) is 8.03. The standard InChI is InChI=1S/C42H30N2Si/c1-45(2)39-11-7-6-10-35(39)36-23-19-33-26-32(18-22-34(33)42(36)45)27-12-14-29(15-13-27)38-25-21-31-17-16-30-20-24-37(28-8-4-3-5-9-28)43-40(30)41(31)44-38/h3-26H,1-2H3. The monoisotopic (exact) mass is 590 g/mol. The molecule has 6 aromatic carbocycles. The Morgan fingerprint density at radius 3 is 1.69 bits per heavy atom. The van der Waals surface area contributed by atoms with Crippen molar-refractivity contribution in [3.05, 3.63) is 146 Å². The van der Waals surface area contributed by atoms with Gasteiger partial charge in [-0.3, -0.25) is 0 Å². The second kappa shape index (κ2) is 9.81. The van der Waals surface area contributed by atoms with E-state index >= 15 is 0 Å². The number of fused-ring (bicyclic) bond motifs is 8. The van der Waals surface area contributed by atoms with Crippen molar-refractivity contribution in [2.24, 2.45) is 0 Å². The Hall–Kier alpha value is -5.38. The molecule has 0 saturated carbocycles. The summed E-state index contributed by atoms with van der Waals surface area (Å²) in [6, 6.07) is 52.6. The maximum atomic E-state index is 5.16. The molecule has 0 atom stereocenters. The van der Waals surface area contributed by atoms with E-state index < -0.39 is 8.07 Å². The van der Waals surface area contributed by atoms with Crippen LogP contribution in [-0.4, -0.2) is 18.0 Å². The highest BCUT2D eigenvalue weighted by Gasteiger charge is 2.38. The van der Waals surface area contributed by atoms with Gasteiger partial charge in [0.15, 0.2) is 0 Å². The van der Waals surface area contributed by atoms with E-state index in [9.17, 15) is 0 Å². The summed E-state index contributed by atoms with van der Waals surface area (Å²) in [5.74, 6) is 0. The molecule has 0 amide bonds. The summed E-state index contributed by atoms with van der Waals surface area (Å²) < 4.78 is 0. The molecule has 8 aromatic rings. The summed E-state index contributed by atoms with van der Waals surface area (Å²) in [6.07, 6.45) is 0. The van der Waals surface area contributed by atoms with Crippen molar-refractivity contribution in [2.45, 2.75) is 13.1 Å². The molecule has 0 unspecified atom stereocenters. The highest BCUT2D eigenvalue weighted by Crippen LogP contribution is 2.35. The molecule has 0 aliphatic carbocycles. The van der Waals surface area contributed by atoms with E-state index in [-0.39, 0.29) is 0 Å². The fourth-order valence-electron chi connectivity index (χ4n) is 7.34. The smallest absolute Gasteiger partial charge is 0.114 e. The molecule has 0 spiro atoms. The van der Waals surface area contributed by atoms with E-state index in [4.69, 9.17) is 9.97 Å². The second-order valence-electron chi connectivity index (χ2n) is 12.6. The maximum absolute atomic E-state index is 5.16. The number of pyridine rings is 2. The summed E-state index contributed by atoms with van der Waals surface area (Å²) in [4.78, 5) is 10.2. The summed E-state index contributed by atoms with van der Waals surface area (Å²) >= 11 is 0. The Labute approximate surface area is 263 Å². The van der Waals surface area contributed by atoms with E-state index in [0.717, 1.165) is 44.3 Å². The lowest BCUT2D eigenvalue weighted by Crippen LogP contribution is -2.49. The van der Waals surface area contributed by atoms with Gasteiger partial charge in [-0.1, -0.05) is 140 Å². The van der Waals surface area contributed by atoms with Gasteiger partial charge >= 0.3 is 0 Å². The Kier molecular flexibility index (Phi) is 5.68. The molecule has 3 heterocycles. The first-order chi connectivity index (χ1) is 22.0. The predicted octanol–water partition coefficient (Wildman–Crippen LogP) is 9.74. The van der Waals surface area contributed by atoms with Crippen LogP contribution in [0.1, 0.15) is 0 Å². The molecule has 45 heavy (non-hydrogen) atoms. The zero-order valence-corrected chi connectivity index (χ0v) is 26.3. The quantitative estimate of drug-likeness (QED) is 0.151. The molecule has 2 nitrogen and oxygen atoms in total. The largest absolute Gasteiger partial charge is 0.245 e. The average Bonchev–Trinajstić information content (AvgIpc) is 3.34. The van der Waals surface area contributed by atoms with Crippen LogP contribution < -0.4 is 10.4 Å². The van der Waals surface area contributed by atoms with Gasteiger partial charge in [-0.05, 0) is 61.6 Å². The highest BCUT2D eigenvalue weighted by molar-refractivity contribution is 7.05. The molecule has 0 bridgehead atoms. The van der Waals surface area contributed by atoms with Crippen LogP contribution >= 0.6 is 0 Å². The van der Waals surface area contributed by atoms with Crippen LogP contribution in [-0.2, 0) is 0 Å². The van der Waals surface area contributed by atoms with Crippen molar-refractivity contribution in [1.82, 2.24) is 9.97 Å². The van der Waals surface area contributed by atoms with Gasteiger partial charge in [0, 0.05) is 21.9 Å². The average molecular weight is 591 g/mol. The topological polar surface area (TPSA) is 25.8 Å². The lowest BCUT2D eigenvalue weighted by molar-refractivity contribution is 1.36. The zero-order valence-electron chi connectivity index (χ0n) is 25.3. The fourth-order valence-corrected chi connectivity index (χ4v) is 10.8. The van der Waals surface area contributed by atoms with Gasteiger partial charge in [0.25, 0.3) is 0 Å². The summed E-state index contributed by atoms with van der Waals surface area (Å²) in [7, 11) is -1.76. The lowest BCUT2D eigenvalue weighted by Gasteiger charge is -2.21. The Morgan fingerprint density at radius 2 is 0.978 bits per heavy atom. The van der Waals surface area contributed by atoms with Gasteiger partial charge in [0.2, 0.25) is 0 Å². The van der Waals surface area contributed by atoms with Crippen molar-refractivity contribution in [2.75, 3.05) is 0 Å². The fraction of sp³-hybridized carbons (Fsp3) is 0.0476.